The Bertz CT molecular complexity index is 477. The number of rotatable bonds is 5. The third-order valence-corrected chi connectivity index (χ3v) is 3.88. The number of amides is 1. The number of nitrogen functional groups attached to an aromatic ring is 1. The molecule has 0 spiro atoms. The second kappa shape index (κ2) is 6.88. The Hall–Kier alpha value is -1.37. The number of hydrogen-bond donors (Lipinski definition) is 3. The lowest BCUT2D eigenvalue weighted by molar-refractivity contribution is 0.0637. The molecule has 1 aromatic rings. The number of nitrogens with one attached hydrogen (secondary N) is 1. The van der Waals surface area contributed by atoms with Gasteiger partial charge in [0.15, 0.2) is 5.82 Å². The van der Waals surface area contributed by atoms with E-state index in [1.54, 1.807) is 11.0 Å². The van der Waals surface area contributed by atoms with E-state index < -0.39 is 0 Å². The summed E-state index contributed by atoms with van der Waals surface area (Å²) in [6.45, 7) is 0.282. The normalized spacial score (nSPS) is 15.3. The van der Waals surface area contributed by atoms with Crippen LogP contribution in [-0.2, 0) is 0 Å². The van der Waals surface area contributed by atoms with Crippen LogP contribution in [0.5, 0.6) is 0 Å². The maximum absolute atomic E-state index is 12.5. The highest BCUT2D eigenvalue weighted by Gasteiger charge is 2.27. The molecule has 1 aromatic heterocycles. The van der Waals surface area contributed by atoms with Crippen LogP contribution in [0.3, 0.4) is 0 Å². The van der Waals surface area contributed by atoms with Crippen molar-refractivity contribution in [2.75, 3.05) is 18.6 Å². The highest BCUT2D eigenvalue weighted by molar-refractivity contribution is 6.33. The SMILES string of the molecule is NNc1ncc(C(=O)N(CCO)C2CCCC2)cc1Cl. The summed E-state index contributed by atoms with van der Waals surface area (Å²) in [7, 11) is 0. The summed E-state index contributed by atoms with van der Waals surface area (Å²) in [5.41, 5.74) is 2.77. The molecule has 0 radical (unpaired) electrons. The van der Waals surface area contributed by atoms with Crippen LogP contribution >= 0.6 is 11.6 Å². The second-order valence-electron chi connectivity index (χ2n) is 4.86. The lowest BCUT2D eigenvalue weighted by Gasteiger charge is -2.28. The molecule has 6 nitrogen and oxygen atoms in total. The number of carbonyl (C=O) groups is 1. The standard InChI is InChI=1S/C13H19ClN4O2/c14-11-7-9(8-16-12(11)17-15)13(20)18(5-6-19)10-3-1-2-4-10/h7-8,10,19H,1-6,15H2,(H,16,17). The molecule has 0 bridgehead atoms. The van der Waals surface area contributed by atoms with E-state index in [9.17, 15) is 4.79 Å². The van der Waals surface area contributed by atoms with Crippen molar-refractivity contribution in [3.8, 4) is 0 Å². The number of nitrogens with zero attached hydrogens (tertiary/aromatic N) is 2. The molecule has 1 fully saturated rings. The summed E-state index contributed by atoms with van der Waals surface area (Å²) in [5, 5.41) is 9.47. The zero-order valence-electron chi connectivity index (χ0n) is 11.2. The predicted octanol–water partition coefficient (Wildman–Crippen LogP) is 1.40. The predicted molar refractivity (Wildman–Crippen MR) is 77.4 cm³/mol. The molecule has 1 aliphatic rings. The molecule has 110 valence electrons. The van der Waals surface area contributed by atoms with Gasteiger partial charge in [0, 0.05) is 18.8 Å². The number of aromatic nitrogens is 1. The Morgan fingerprint density at radius 2 is 2.25 bits per heavy atom. The molecule has 0 unspecified atom stereocenters. The summed E-state index contributed by atoms with van der Waals surface area (Å²) in [5.74, 6) is 5.44. The quantitative estimate of drug-likeness (QED) is 0.564. The Balaban J connectivity index is 2.20. The van der Waals surface area contributed by atoms with Crippen molar-refractivity contribution in [3.05, 3.63) is 22.8 Å². The second-order valence-corrected chi connectivity index (χ2v) is 5.27. The zero-order chi connectivity index (χ0) is 14.5. The van der Waals surface area contributed by atoms with Crippen molar-refractivity contribution in [2.24, 2.45) is 5.84 Å². The summed E-state index contributed by atoms with van der Waals surface area (Å²) in [6.07, 6.45) is 5.65. The van der Waals surface area contributed by atoms with Crippen LogP contribution in [0.1, 0.15) is 36.0 Å². The minimum Gasteiger partial charge on any atom is -0.395 e. The van der Waals surface area contributed by atoms with Crippen molar-refractivity contribution in [1.82, 2.24) is 9.88 Å². The number of hydrogen-bond acceptors (Lipinski definition) is 5. The van der Waals surface area contributed by atoms with E-state index in [1.807, 2.05) is 0 Å². The zero-order valence-corrected chi connectivity index (χ0v) is 11.9. The van der Waals surface area contributed by atoms with Gasteiger partial charge < -0.3 is 15.4 Å². The van der Waals surface area contributed by atoms with Crippen LogP contribution in [0.2, 0.25) is 5.02 Å². The third-order valence-electron chi connectivity index (χ3n) is 3.59. The van der Waals surface area contributed by atoms with E-state index in [2.05, 4.69) is 10.4 Å². The number of aliphatic hydroxyl groups excluding tert-OH is 1. The van der Waals surface area contributed by atoms with Crippen LogP contribution in [0.4, 0.5) is 5.82 Å². The number of halogens is 1. The Morgan fingerprint density at radius 1 is 1.55 bits per heavy atom. The number of carbonyl (C=O) groups excluding carboxylic acids is 1. The van der Waals surface area contributed by atoms with Gasteiger partial charge in [0.25, 0.3) is 5.91 Å². The van der Waals surface area contributed by atoms with Crippen LogP contribution in [-0.4, -0.2) is 40.1 Å². The first-order chi connectivity index (χ1) is 9.67. The molecule has 1 amide bonds. The highest BCUT2D eigenvalue weighted by Crippen LogP contribution is 2.26. The first-order valence-electron chi connectivity index (χ1n) is 6.71. The fraction of sp³-hybridized carbons (Fsp3) is 0.538. The molecule has 7 heteroatoms. The van der Waals surface area contributed by atoms with Gasteiger partial charge in [-0.15, -0.1) is 0 Å². The topological polar surface area (TPSA) is 91.5 Å². The van der Waals surface area contributed by atoms with Gasteiger partial charge in [-0.25, -0.2) is 10.8 Å². The fourth-order valence-electron chi connectivity index (χ4n) is 2.60. The highest BCUT2D eigenvalue weighted by atomic mass is 35.5. The van der Waals surface area contributed by atoms with Gasteiger partial charge in [-0.1, -0.05) is 24.4 Å². The molecule has 0 atom stereocenters. The lowest BCUT2D eigenvalue weighted by atomic mass is 10.1. The van der Waals surface area contributed by atoms with Crippen LogP contribution in [0.25, 0.3) is 0 Å². The minimum atomic E-state index is -0.149. The molecule has 1 heterocycles. The van der Waals surface area contributed by atoms with E-state index >= 15 is 0 Å². The summed E-state index contributed by atoms with van der Waals surface area (Å²) in [4.78, 5) is 18.3. The average Bonchev–Trinajstić information content (AvgIpc) is 2.97. The number of nitrogens with two attached hydrogens (primary N) is 1. The van der Waals surface area contributed by atoms with Gasteiger partial charge in [0.2, 0.25) is 0 Å². The van der Waals surface area contributed by atoms with Gasteiger partial charge in [0.1, 0.15) is 0 Å². The molecule has 1 saturated carbocycles. The smallest absolute Gasteiger partial charge is 0.255 e. The van der Waals surface area contributed by atoms with Gasteiger partial charge in [-0.3, -0.25) is 4.79 Å². The molecule has 0 aromatic carbocycles. The molecular formula is C13H19ClN4O2. The van der Waals surface area contributed by atoms with Gasteiger partial charge >= 0.3 is 0 Å². The van der Waals surface area contributed by atoms with Crippen molar-refractivity contribution in [3.63, 3.8) is 0 Å². The Labute approximate surface area is 122 Å². The van der Waals surface area contributed by atoms with E-state index in [1.165, 1.54) is 6.20 Å². The number of anilines is 1. The fourth-order valence-corrected chi connectivity index (χ4v) is 2.82. The molecule has 4 N–H and O–H groups in total. The average molecular weight is 299 g/mol. The Kier molecular flexibility index (Phi) is 5.17. The molecular weight excluding hydrogens is 280 g/mol. The van der Waals surface area contributed by atoms with Gasteiger partial charge in [-0.05, 0) is 18.9 Å². The number of aliphatic hydroxyl groups is 1. The van der Waals surface area contributed by atoms with E-state index in [4.69, 9.17) is 22.6 Å². The van der Waals surface area contributed by atoms with Gasteiger partial charge in [0.05, 0.1) is 17.2 Å². The number of pyridine rings is 1. The molecule has 1 aliphatic carbocycles. The van der Waals surface area contributed by atoms with Crippen LogP contribution < -0.4 is 11.3 Å². The Morgan fingerprint density at radius 3 is 2.80 bits per heavy atom. The van der Waals surface area contributed by atoms with E-state index in [-0.39, 0.29) is 18.6 Å². The molecule has 0 saturated heterocycles. The monoisotopic (exact) mass is 298 g/mol. The molecule has 20 heavy (non-hydrogen) atoms. The van der Waals surface area contributed by atoms with Gasteiger partial charge in [-0.2, -0.15) is 0 Å². The lowest BCUT2D eigenvalue weighted by Crippen LogP contribution is -2.40. The van der Waals surface area contributed by atoms with Crippen LogP contribution in [0, 0.1) is 0 Å². The first-order valence-corrected chi connectivity index (χ1v) is 7.09. The summed E-state index contributed by atoms with van der Waals surface area (Å²) < 4.78 is 0. The maximum Gasteiger partial charge on any atom is 0.255 e. The molecule has 0 aliphatic heterocycles. The number of hydrazine groups is 1. The maximum atomic E-state index is 12.5. The first kappa shape index (κ1) is 15.0. The van der Waals surface area contributed by atoms with E-state index in [0.29, 0.717) is 22.9 Å². The van der Waals surface area contributed by atoms with Crippen molar-refractivity contribution >= 4 is 23.3 Å². The van der Waals surface area contributed by atoms with Crippen molar-refractivity contribution in [2.45, 2.75) is 31.7 Å². The van der Waals surface area contributed by atoms with E-state index in [0.717, 1.165) is 25.7 Å². The van der Waals surface area contributed by atoms with Crippen molar-refractivity contribution < 1.29 is 9.90 Å². The summed E-state index contributed by atoms with van der Waals surface area (Å²) >= 11 is 5.99. The summed E-state index contributed by atoms with van der Waals surface area (Å²) in [6, 6.07) is 1.74. The third kappa shape index (κ3) is 3.20. The minimum absolute atomic E-state index is 0.0498. The van der Waals surface area contributed by atoms with Crippen molar-refractivity contribution in [1.29, 1.82) is 0 Å². The van der Waals surface area contributed by atoms with Crippen LogP contribution in [0.15, 0.2) is 12.3 Å². The largest absolute Gasteiger partial charge is 0.395 e. The molecule has 2 rings (SSSR count).